The average Bonchev–Trinajstić information content (AvgIpc) is 3.17. The van der Waals surface area contributed by atoms with Crippen LogP contribution in [0.15, 0.2) is 42.1 Å². The van der Waals surface area contributed by atoms with Crippen LogP contribution in [0.3, 0.4) is 0 Å². The molecule has 1 N–H and O–H groups in total. The van der Waals surface area contributed by atoms with Crippen molar-refractivity contribution in [2.45, 2.75) is 6.42 Å². The van der Waals surface area contributed by atoms with E-state index in [1.165, 1.54) is 11.0 Å². The summed E-state index contributed by atoms with van der Waals surface area (Å²) in [4.78, 5) is 27.3. The van der Waals surface area contributed by atoms with Crippen LogP contribution in [0.1, 0.15) is 6.42 Å². The highest BCUT2D eigenvalue weighted by molar-refractivity contribution is 5.85. The number of nitrogens with one attached hydrogen (secondary N) is 1. The van der Waals surface area contributed by atoms with Crippen molar-refractivity contribution in [1.29, 1.82) is 0 Å². The third kappa shape index (κ3) is 3.42. The van der Waals surface area contributed by atoms with Gasteiger partial charge in [0.2, 0.25) is 0 Å². The molecule has 10 heteroatoms. The molecular formula is C15H18ClN7O2. The molecule has 0 saturated carbocycles. The van der Waals surface area contributed by atoms with Crippen LogP contribution in [0.4, 0.5) is 5.82 Å². The average molecular weight is 364 g/mol. The Balaban J connectivity index is 0.00000182. The molecule has 0 bridgehead atoms. The SMILES string of the molecule is Cl.O=c1c(-n2ccnc2)c[nH]n1-c1cc(N2CCCOCC2)ncn1. The summed E-state index contributed by atoms with van der Waals surface area (Å²) < 4.78 is 8.52. The van der Waals surface area contributed by atoms with Crippen LogP contribution in [-0.4, -0.2) is 55.6 Å². The van der Waals surface area contributed by atoms with E-state index in [0.29, 0.717) is 18.1 Å². The van der Waals surface area contributed by atoms with E-state index in [0.717, 1.165) is 31.9 Å². The first-order valence-electron chi connectivity index (χ1n) is 7.77. The predicted octanol–water partition coefficient (Wildman–Crippen LogP) is 0.790. The summed E-state index contributed by atoms with van der Waals surface area (Å²) in [6.45, 7) is 3.08. The van der Waals surface area contributed by atoms with E-state index in [2.05, 4.69) is 25.0 Å². The van der Waals surface area contributed by atoms with Gasteiger partial charge in [0.05, 0.1) is 12.9 Å². The van der Waals surface area contributed by atoms with Crippen molar-refractivity contribution < 1.29 is 4.74 Å². The van der Waals surface area contributed by atoms with Crippen molar-refractivity contribution >= 4 is 18.2 Å². The molecule has 3 aromatic rings. The van der Waals surface area contributed by atoms with E-state index in [1.807, 2.05) is 0 Å². The third-order valence-corrected chi connectivity index (χ3v) is 3.95. The molecule has 1 aliphatic rings. The second-order valence-electron chi connectivity index (χ2n) is 5.46. The first-order valence-corrected chi connectivity index (χ1v) is 7.77. The largest absolute Gasteiger partial charge is 0.380 e. The molecule has 0 amide bonds. The van der Waals surface area contributed by atoms with Gasteiger partial charge in [-0.15, -0.1) is 12.4 Å². The van der Waals surface area contributed by atoms with Gasteiger partial charge >= 0.3 is 0 Å². The molecule has 1 saturated heterocycles. The standard InChI is InChI=1S/C15H17N7O2.ClH/c23-15-12(21-4-2-16-11-21)9-19-22(15)14-8-13(17-10-18-14)20-3-1-6-24-7-5-20;/h2,4,8-11,19H,1,3,5-7H2;1H. The van der Waals surface area contributed by atoms with E-state index in [-0.39, 0.29) is 18.0 Å². The monoisotopic (exact) mass is 363 g/mol. The zero-order valence-corrected chi connectivity index (χ0v) is 14.2. The number of rotatable bonds is 3. The Hall–Kier alpha value is -2.65. The smallest absolute Gasteiger partial charge is 0.296 e. The zero-order chi connectivity index (χ0) is 16.4. The second kappa shape index (κ2) is 7.49. The number of hydrogen-bond donors (Lipinski definition) is 1. The number of aromatic nitrogens is 6. The molecule has 3 aromatic heterocycles. The fraction of sp³-hybridized carbons (Fsp3) is 0.333. The minimum atomic E-state index is -0.197. The first-order chi connectivity index (χ1) is 11.8. The third-order valence-electron chi connectivity index (χ3n) is 3.95. The van der Waals surface area contributed by atoms with Crippen molar-refractivity contribution in [2.75, 3.05) is 31.2 Å². The molecule has 9 nitrogen and oxygen atoms in total. The lowest BCUT2D eigenvalue weighted by molar-refractivity contribution is 0.152. The lowest BCUT2D eigenvalue weighted by Gasteiger charge is -2.20. The summed E-state index contributed by atoms with van der Waals surface area (Å²) in [6, 6.07) is 1.81. The van der Waals surface area contributed by atoms with Crippen molar-refractivity contribution in [3.8, 4) is 11.5 Å². The number of halogens is 1. The highest BCUT2D eigenvalue weighted by Gasteiger charge is 2.15. The molecule has 4 heterocycles. The van der Waals surface area contributed by atoms with Gasteiger partial charge in [-0.2, -0.15) is 4.68 Å². The Morgan fingerprint density at radius 1 is 1.16 bits per heavy atom. The van der Waals surface area contributed by atoms with Crippen molar-refractivity contribution in [3.63, 3.8) is 0 Å². The Morgan fingerprint density at radius 2 is 2.04 bits per heavy atom. The Labute approximate surface area is 149 Å². The summed E-state index contributed by atoms with van der Waals surface area (Å²) in [7, 11) is 0. The van der Waals surface area contributed by atoms with Crippen LogP contribution in [-0.2, 0) is 4.74 Å². The van der Waals surface area contributed by atoms with Gasteiger partial charge in [-0.05, 0) is 6.42 Å². The maximum Gasteiger partial charge on any atom is 0.296 e. The predicted molar refractivity (Wildman–Crippen MR) is 94.0 cm³/mol. The minimum absolute atomic E-state index is 0. The van der Waals surface area contributed by atoms with Crippen LogP contribution < -0.4 is 10.5 Å². The summed E-state index contributed by atoms with van der Waals surface area (Å²) in [5.74, 6) is 1.29. The number of ether oxygens (including phenoxy) is 1. The summed E-state index contributed by atoms with van der Waals surface area (Å²) >= 11 is 0. The van der Waals surface area contributed by atoms with Gasteiger partial charge in [-0.25, -0.2) is 15.0 Å². The lowest BCUT2D eigenvalue weighted by atomic mass is 10.4. The minimum Gasteiger partial charge on any atom is -0.380 e. The van der Waals surface area contributed by atoms with Gasteiger partial charge in [0.25, 0.3) is 5.56 Å². The van der Waals surface area contributed by atoms with Crippen molar-refractivity contribution in [2.24, 2.45) is 0 Å². The molecule has 0 aliphatic carbocycles. The Morgan fingerprint density at radius 3 is 2.88 bits per heavy atom. The fourth-order valence-corrected chi connectivity index (χ4v) is 2.72. The number of anilines is 1. The highest BCUT2D eigenvalue weighted by Crippen LogP contribution is 2.15. The quantitative estimate of drug-likeness (QED) is 0.739. The molecule has 1 aliphatic heterocycles. The van der Waals surface area contributed by atoms with Crippen LogP contribution >= 0.6 is 12.4 Å². The molecule has 0 aromatic carbocycles. The normalized spacial score (nSPS) is 14.8. The lowest BCUT2D eigenvalue weighted by Crippen LogP contribution is -2.27. The van der Waals surface area contributed by atoms with Gasteiger partial charge in [-0.1, -0.05) is 0 Å². The second-order valence-corrected chi connectivity index (χ2v) is 5.46. The molecule has 25 heavy (non-hydrogen) atoms. The molecule has 0 unspecified atom stereocenters. The highest BCUT2D eigenvalue weighted by atomic mass is 35.5. The van der Waals surface area contributed by atoms with E-state index >= 15 is 0 Å². The number of H-pyrrole nitrogens is 1. The number of imidazole rings is 1. The molecule has 0 spiro atoms. The molecule has 0 radical (unpaired) electrons. The summed E-state index contributed by atoms with van der Waals surface area (Å²) in [5.41, 5.74) is 0.285. The number of aromatic amines is 1. The molecule has 1 fully saturated rings. The van der Waals surface area contributed by atoms with Gasteiger partial charge in [0.1, 0.15) is 17.8 Å². The fourth-order valence-electron chi connectivity index (χ4n) is 2.72. The topological polar surface area (TPSA) is 93.9 Å². The summed E-state index contributed by atoms with van der Waals surface area (Å²) in [5, 5.41) is 2.94. The molecular weight excluding hydrogens is 346 g/mol. The Kier molecular flexibility index (Phi) is 5.15. The molecule has 4 rings (SSSR count). The van der Waals surface area contributed by atoms with Crippen molar-refractivity contribution in [1.82, 2.24) is 29.3 Å². The maximum atomic E-state index is 12.6. The molecule has 132 valence electrons. The van der Waals surface area contributed by atoms with Crippen LogP contribution in [0.2, 0.25) is 0 Å². The zero-order valence-electron chi connectivity index (χ0n) is 13.4. The van der Waals surface area contributed by atoms with E-state index in [1.54, 1.807) is 35.6 Å². The van der Waals surface area contributed by atoms with Gasteiger partial charge < -0.3 is 9.64 Å². The van der Waals surface area contributed by atoms with Crippen LogP contribution in [0, 0.1) is 0 Å². The van der Waals surface area contributed by atoms with E-state index in [4.69, 9.17) is 4.74 Å². The Bertz CT molecular complexity index is 866. The van der Waals surface area contributed by atoms with Crippen molar-refractivity contribution in [3.05, 3.63) is 47.7 Å². The number of nitrogens with zero attached hydrogens (tertiary/aromatic N) is 6. The van der Waals surface area contributed by atoms with Gasteiger partial charge in [-0.3, -0.25) is 14.5 Å². The van der Waals surface area contributed by atoms with Gasteiger partial charge in [0.15, 0.2) is 5.82 Å². The molecule has 0 atom stereocenters. The van der Waals surface area contributed by atoms with E-state index in [9.17, 15) is 4.79 Å². The van der Waals surface area contributed by atoms with Crippen LogP contribution in [0.5, 0.6) is 0 Å². The number of hydrogen-bond acceptors (Lipinski definition) is 6. The van der Waals surface area contributed by atoms with E-state index < -0.39 is 0 Å². The maximum absolute atomic E-state index is 12.6. The first kappa shape index (κ1) is 17.2. The summed E-state index contributed by atoms with van der Waals surface area (Å²) in [6.07, 6.45) is 8.98. The van der Waals surface area contributed by atoms with Gasteiger partial charge in [0, 0.05) is 44.4 Å². The van der Waals surface area contributed by atoms with Crippen LogP contribution in [0.25, 0.3) is 11.5 Å².